The van der Waals surface area contributed by atoms with E-state index in [0.29, 0.717) is 13.2 Å². The number of fused-ring (bicyclic) bond motifs is 1. The van der Waals surface area contributed by atoms with Crippen molar-refractivity contribution in [2.24, 2.45) is 4.99 Å². The van der Waals surface area contributed by atoms with Crippen molar-refractivity contribution in [3.05, 3.63) is 64.2 Å². The SMILES string of the molecule is CC(C)(C)OC(=O)NCCOc1ccc2c(c1)C(C1(c3ccc(Cl)cc3)CCC1)=NCC2.[NaH]. The molecule has 1 aliphatic heterocycles. The molecule has 0 atom stereocenters. The molecule has 1 fully saturated rings. The average Bonchev–Trinajstić information content (AvgIpc) is 2.71. The fourth-order valence-corrected chi connectivity index (χ4v) is 4.59. The van der Waals surface area contributed by atoms with E-state index >= 15 is 0 Å². The Bertz CT molecular complexity index is 1010. The summed E-state index contributed by atoms with van der Waals surface area (Å²) >= 11 is 6.14. The predicted octanol–water partition coefficient (Wildman–Crippen LogP) is 5.06. The molecule has 0 unspecified atom stereocenters. The van der Waals surface area contributed by atoms with E-state index < -0.39 is 11.7 Å². The quantitative estimate of drug-likeness (QED) is 0.466. The Morgan fingerprint density at radius 3 is 2.52 bits per heavy atom. The molecule has 0 saturated heterocycles. The Morgan fingerprint density at radius 1 is 1.15 bits per heavy atom. The van der Waals surface area contributed by atoms with Crippen LogP contribution in [0.5, 0.6) is 5.75 Å². The zero-order chi connectivity index (χ0) is 22.8. The number of aliphatic imine (C=N–C) groups is 1. The van der Waals surface area contributed by atoms with Crippen molar-refractivity contribution < 1.29 is 14.3 Å². The van der Waals surface area contributed by atoms with E-state index in [-0.39, 0.29) is 35.0 Å². The molecule has 7 heteroatoms. The molecular weight excluding hydrogens is 447 g/mol. The topological polar surface area (TPSA) is 59.9 Å². The number of hydrogen-bond acceptors (Lipinski definition) is 4. The van der Waals surface area contributed by atoms with Gasteiger partial charge in [-0.15, -0.1) is 0 Å². The Hall–Kier alpha value is -1.53. The number of nitrogens with one attached hydrogen (secondary N) is 1. The standard InChI is InChI=1S/C26H31ClN2O3.Na.H/c1-25(2,3)32-24(30)29-15-16-31-21-10-5-18-11-14-28-23(22(18)17-21)26(12-4-13-26)19-6-8-20(27)9-7-19;;/h5-10,17H,4,11-16H2,1-3H3,(H,29,30);;. The van der Waals surface area contributed by atoms with Crippen molar-refractivity contribution in [3.63, 3.8) is 0 Å². The second-order valence-electron chi connectivity index (χ2n) is 9.52. The molecule has 1 saturated carbocycles. The molecule has 2 aromatic carbocycles. The van der Waals surface area contributed by atoms with E-state index in [4.69, 9.17) is 26.1 Å². The molecule has 5 nitrogen and oxygen atoms in total. The molecule has 1 N–H and O–H groups in total. The molecule has 2 aromatic rings. The second kappa shape index (κ2) is 10.8. The maximum atomic E-state index is 11.8. The van der Waals surface area contributed by atoms with E-state index in [9.17, 15) is 4.79 Å². The molecule has 0 spiro atoms. The Balaban J connectivity index is 0.00000306. The van der Waals surface area contributed by atoms with Gasteiger partial charge in [0.1, 0.15) is 18.0 Å². The molecule has 1 aliphatic carbocycles. The molecule has 0 bridgehead atoms. The van der Waals surface area contributed by atoms with Gasteiger partial charge in [0.2, 0.25) is 0 Å². The van der Waals surface area contributed by atoms with Crippen LogP contribution in [0.3, 0.4) is 0 Å². The van der Waals surface area contributed by atoms with Crippen LogP contribution in [0.2, 0.25) is 5.02 Å². The van der Waals surface area contributed by atoms with Crippen molar-refractivity contribution in [2.45, 2.75) is 57.5 Å². The Labute approximate surface area is 223 Å². The average molecular weight is 479 g/mol. The molecular formula is C26H32ClN2NaO3. The molecule has 172 valence electrons. The first-order chi connectivity index (χ1) is 15.3. The van der Waals surface area contributed by atoms with Gasteiger partial charge in [-0.05, 0) is 75.4 Å². The first kappa shape index (κ1) is 26.1. The van der Waals surface area contributed by atoms with Crippen LogP contribution < -0.4 is 10.1 Å². The summed E-state index contributed by atoms with van der Waals surface area (Å²) < 4.78 is 11.2. The molecule has 0 aromatic heterocycles. The van der Waals surface area contributed by atoms with Gasteiger partial charge in [0.25, 0.3) is 0 Å². The third kappa shape index (κ3) is 6.13. The van der Waals surface area contributed by atoms with Crippen LogP contribution in [0.25, 0.3) is 0 Å². The number of alkyl carbamates (subject to hydrolysis) is 1. The van der Waals surface area contributed by atoms with Crippen LogP contribution >= 0.6 is 11.6 Å². The number of hydrogen-bond donors (Lipinski definition) is 1. The van der Waals surface area contributed by atoms with Crippen LogP contribution in [0.1, 0.15) is 56.7 Å². The molecule has 1 amide bonds. The van der Waals surface area contributed by atoms with Crippen molar-refractivity contribution in [1.29, 1.82) is 0 Å². The molecule has 0 radical (unpaired) electrons. The maximum absolute atomic E-state index is 11.8. The van der Waals surface area contributed by atoms with Gasteiger partial charge in [-0.2, -0.15) is 0 Å². The van der Waals surface area contributed by atoms with Gasteiger partial charge in [-0.3, -0.25) is 4.99 Å². The van der Waals surface area contributed by atoms with E-state index in [0.717, 1.165) is 36.6 Å². The number of halogens is 1. The van der Waals surface area contributed by atoms with Gasteiger partial charge in [-0.25, -0.2) is 4.79 Å². The zero-order valence-electron chi connectivity index (χ0n) is 19.0. The molecule has 4 rings (SSSR count). The fraction of sp³-hybridized carbons (Fsp3) is 0.462. The zero-order valence-corrected chi connectivity index (χ0v) is 19.8. The summed E-state index contributed by atoms with van der Waals surface area (Å²) in [5.41, 5.74) is 4.40. The normalized spacial score (nSPS) is 16.4. The Kier molecular flexibility index (Phi) is 8.55. The van der Waals surface area contributed by atoms with Crippen LogP contribution in [0.15, 0.2) is 47.5 Å². The minimum absolute atomic E-state index is 0. The number of carbonyl (C=O) groups is 1. The molecule has 1 heterocycles. The number of carbonyl (C=O) groups excluding carboxylic acids is 1. The monoisotopic (exact) mass is 478 g/mol. The van der Waals surface area contributed by atoms with Crippen LogP contribution in [-0.4, -0.2) is 66.7 Å². The summed E-state index contributed by atoms with van der Waals surface area (Å²) in [6, 6.07) is 14.5. The number of amides is 1. The summed E-state index contributed by atoms with van der Waals surface area (Å²) in [7, 11) is 0. The Morgan fingerprint density at radius 2 is 1.88 bits per heavy atom. The fourth-order valence-electron chi connectivity index (χ4n) is 4.46. The van der Waals surface area contributed by atoms with E-state index in [1.165, 1.54) is 28.8 Å². The van der Waals surface area contributed by atoms with Gasteiger partial charge in [0.15, 0.2) is 0 Å². The summed E-state index contributed by atoms with van der Waals surface area (Å²) in [5.74, 6) is 0.787. The van der Waals surface area contributed by atoms with Gasteiger partial charge in [0.05, 0.1) is 12.3 Å². The third-order valence-electron chi connectivity index (χ3n) is 6.08. The summed E-state index contributed by atoms with van der Waals surface area (Å²) in [4.78, 5) is 16.8. The van der Waals surface area contributed by atoms with Crippen molar-refractivity contribution in [2.75, 3.05) is 19.7 Å². The molecule has 33 heavy (non-hydrogen) atoms. The van der Waals surface area contributed by atoms with E-state index in [1.54, 1.807) is 0 Å². The summed E-state index contributed by atoms with van der Waals surface area (Å²) in [5, 5.41) is 3.48. The van der Waals surface area contributed by atoms with Gasteiger partial charge < -0.3 is 14.8 Å². The van der Waals surface area contributed by atoms with E-state index in [1.807, 2.05) is 39.0 Å². The van der Waals surface area contributed by atoms with Crippen LogP contribution in [-0.2, 0) is 16.6 Å². The number of ether oxygens (including phenoxy) is 2. The predicted molar refractivity (Wildman–Crippen MR) is 135 cm³/mol. The minimum atomic E-state index is -0.513. The van der Waals surface area contributed by atoms with Gasteiger partial charge in [0, 0.05) is 22.5 Å². The number of benzene rings is 2. The van der Waals surface area contributed by atoms with Crippen molar-refractivity contribution in [3.8, 4) is 5.75 Å². The molecule has 2 aliphatic rings. The van der Waals surface area contributed by atoms with Crippen LogP contribution in [0.4, 0.5) is 4.79 Å². The van der Waals surface area contributed by atoms with Crippen molar-refractivity contribution >= 4 is 53.0 Å². The summed E-state index contributed by atoms with van der Waals surface area (Å²) in [6.07, 6.45) is 3.89. The van der Waals surface area contributed by atoms with Gasteiger partial charge in [-0.1, -0.05) is 36.2 Å². The van der Waals surface area contributed by atoms with Gasteiger partial charge >= 0.3 is 35.7 Å². The summed E-state index contributed by atoms with van der Waals surface area (Å²) in [6.45, 7) is 7.09. The second-order valence-corrected chi connectivity index (χ2v) is 9.96. The van der Waals surface area contributed by atoms with E-state index in [2.05, 4.69) is 29.6 Å². The third-order valence-corrected chi connectivity index (χ3v) is 6.34. The van der Waals surface area contributed by atoms with Crippen LogP contribution in [0, 0.1) is 0 Å². The number of rotatable bonds is 6. The number of nitrogens with zero attached hydrogens (tertiary/aromatic N) is 1. The first-order valence-electron chi connectivity index (χ1n) is 11.3. The first-order valence-corrected chi connectivity index (χ1v) is 11.7. The van der Waals surface area contributed by atoms with Crippen molar-refractivity contribution in [1.82, 2.24) is 5.32 Å².